The van der Waals surface area contributed by atoms with Gasteiger partial charge in [0.05, 0.1) is 17.2 Å². The van der Waals surface area contributed by atoms with E-state index >= 15 is 0 Å². The molecular formula is C13H15F2N3O2. The molecule has 1 aromatic rings. The number of amides is 2. The number of carbonyl (C=O) groups is 2. The van der Waals surface area contributed by atoms with Crippen molar-refractivity contribution in [1.82, 2.24) is 5.32 Å². The van der Waals surface area contributed by atoms with Gasteiger partial charge in [0.2, 0.25) is 5.91 Å². The summed E-state index contributed by atoms with van der Waals surface area (Å²) in [5, 5.41) is 5.44. The Balaban J connectivity index is 2.18. The molecule has 0 saturated carbocycles. The Labute approximate surface area is 114 Å². The van der Waals surface area contributed by atoms with E-state index in [1.54, 1.807) is 0 Å². The molecule has 1 atom stereocenters. The standard InChI is InChI=1S/C13H15F2N3O2/c14-9-5-10(15)11(4-8(9)12(16)19)18-13(20)7-2-1-3-17-6-7/h4-5,7,17H,1-3,6H2,(H2,16,19)(H,18,20)/t7-/m0/s1. The minimum absolute atomic E-state index is 0.240. The molecule has 0 bridgehead atoms. The zero-order valence-electron chi connectivity index (χ0n) is 10.7. The Hall–Kier alpha value is -2.02. The second-order valence-electron chi connectivity index (χ2n) is 4.71. The minimum Gasteiger partial charge on any atom is -0.366 e. The van der Waals surface area contributed by atoms with Gasteiger partial charge in [0, 0.05) is 12.6 Å². The van der Waals surface area contributed by atoms with Crippen molar-refractivity contribution in [3.63, 3.8) is 0 Å². The molecule has 7 heteroatoms. The Morgan fingerprint density at radius 2 is 2.05 bits per heavy atom. The van der Waals surface area contributed by atoms with Gasteiger partial charge in [-0.25, -0.2) is 8.78 Å². The van der Waals surface area contributed by atoms with Crippen LogP contribution in [0.5, 0.6) is 0 Å². The van der Waals surface area contributed by atoms with Gasteiger partial charge in [-0.05, 0) is 25.5 Å². The molecule has 4 N–H and O–H groups in total. The van der Waals surface area contributed by atoms with E-state index in [1.807, 2.05) is 0 Å². The fourth-order valence-electron chi connectivity index (χ4n) is 2.14. The number of rotatable bonds is 3. The third kappa shape index (κ3) is 3.11. The number of halogens is 2. The van der Waals surface area contributed by atoms with Gasteiger partial charge in [0.25, 0.3) is 5.91 Å². The molecule has 1 saturated heterocycles. The number of hydrogen-bond donors (Lipinski definition) is 3. The first kappa shape index (κ1) is 14.4. The zero-order valence-corrected chi connectivity index (χ0v) is 10.7. The number of nitrogens with one attached hydrogen (secondary N) is 2. The van der Waals surface area contributed by atoms with Crippen LogP contribution in [-0.4, -0.2) is 24.9 Å². The Morgan fingerprint density at radius 3 is 2.65 bits per heavy atom. The van der Waals surface area contributed by atoms with E-state index in [0.29, 0.717) is 19.0 Å². The smallest absolute Gasteiger partial charge is 0.251 e. The van der Waals surface area contributed by atoms with Crippen LogP contribution in [0.4, 0.5) is 14.5 Å². The number of hydrogen-bond acceptors (Lipinski definition) is 3. The highest BCUT2D eigenvalue weighted by atomic mass is 19.1. The van der Waals surface area contributed by atoms with Crippen molar-refractivity contribution in [3.05, 3.63) is 29.3 Å². The second-order valence-corrected chi connectivity index (χ2v) is 4.71. The summed E-state index contributed by atoms with van der Waals surface area (Å²) in [7, 11) is 0. The number of primary amides is 1. The first-order valence-electron chi connectivity index (χ1n) is 6.29. The molecule has 20 heavy (non-hydrogen) atoms. The van der Waals surface area contributed by atoms with E-state index in [-0.39, 0.29) is 17.5 Å². The van der Waals surface area contributed by atoms with Crippen LogP contribution in [0, 0.1) is 17.6 Å². The van der Waals surface area contributed by atoms with Crippen LogP contribution in [0.25, 0.3) is 0 Å². The maximum Gasteiger partial charge on any atom is 0.251 e. The van der Waals surface area contributed by atoms with Crippen LogP contribution in [-0.2, 0) is 4.79 Å². The van der Waals surface area contributed by atoms with Gasteiger partial charge in [-0.15, -0.1) is 0 Å². The molecule has 2 amide bonds. The van der Waals surface area contributed by atoms with Gasteiger partial charge in [0.15, 0.2) is 0 Å². The van der Waals surface area contributed by atoms with Crippen LogP contribution in [0.15, 0.2) is 12.1 Å². The first-order valence-corrected chi connectivity index (χ1v) is 6.29. The average molecular weight is 283 g/mol. The van der Waals surface area contributed by atoms with Crippen LogP contribution in [0.1, 0.15) is 23.2 Å². The third-order valence-corrected chi connectivity index (χ3v) is 3.25. The molecule has 0 radical (unpaired) electrons. The molecule has 2 rings (SSSR count). The molecule has 0 aliphatic carbocycles. The van der Waals surface area contributed by atoms with Crippen molar-refractivity contribution in [2.24, 2.45) is 11.7 Å². The van der Waals surface area contributed by atoms with Gasteiger partial charge in [-0.3, -0.25) is 9.59 Å². The summed E-state index contributed by atoms with van der Waals surface area (Å²) in [5.41, 5.74) is 4.29. The molecule has 1 heterocycles. The average Bonchev–Trinajstić information content (AvgIpc) is 2.42. The zero-order chi connectivity index (χ0) is 14.7. The van der Waals surface area contributed by atoms with E-state index in [2.05, 4.69) is 10.6 Å². The maximum atomic E-state index is 13.6. The van der Waals surface area contributed by atoms with Crippen molar-refractivity contribution in [2.75, 3.05) is 18.4 Å². The maximum absolute atomic E-state index is 13.6. The van der Waals surface area contributed by atoms with E-state index in [9.17, 15) is 18.4 Å². The largest absolute Gasteiger partial charge is 0.366 e. The molecule has 0 unspecified atom stereocenters. The molecule has 1 fully saturated rings. The fourth-order valence-corrected chi connectivity index (χ4v) is 2.14. The van der Waals surface area contributed by atoms with Crippen molar-refractivity contribution in [3.8, 4) is 0 Å². The van der Waals surface area contributed by atoms with Gasteiger partial charge in [0.1, 0.15) is 11.6 Å². The number of benzene rings is 1. The van der Waals surface area contributed by atoms with E-state index < -0.39 is 23.1 Å². The number of piperidine rings is 1. The lowest BCUT2D eigenvalue weighted by Crippen LogP contribution is -2.37. The molecule has 0 spiro atoms. The molecule has 5 nitrogen and oxygen atoms in total. The molecule has 0 aromatic heterocycles. The van der Waals surface area contributed by atoms with E-state index in [1.165, 1.54) is 0 Å². The normalized spacial score (nSPS) is 18.6. The summed E-state index contributed by atoms with van der Waals surface area (Å²) >= 11 is 0. The monoisotopic (exact) mass is 283 g/mol. The lowest BCUT2D eigenvalue weighted by atomic mass is 9.98. The Kier molecular flexibility index (Phi) is 4.29. The van der Waals surface area contributed by atoms with Gasteiger partial charge >= 0.3 is 0 Å². The quantitative estimate of drug-likeness (QED) is 0.773. The van der Waals surface area contributed by atoms with Crippen molar-refractivity contribution < 1.29 is 18.4 Å². The predicted molar refractivity (Wildman–Crippen MR) is 69.1 cm³/mol. The summed E-state index contributed by atoms with van der Waals surface area (Å²) in [5.74, 6) is -3.64. The first-order chi connectivity index (χ1) is 9.49. The summed E-state index contributed by atoms with van der Waals surface area (Å²) in [6, 6.07) is 1.45. The SMILES string of the molecule is NC(=O)c1cc(NC(=O)[C@H]2CCCNC2)c(F)cc1F. The predicted octanol–water partition coefficient (Wildman–Crippen LogP) is 1.00. The highest BCUT2D eigenvalue weighted by molar-refractivity contribution is 5.97. The highest BCUT2D eigenvalue weighted by Crippen LogP contribution is 2.21. The Morgan fingerprint density at radius 1 is 1.30 bits per heavy atom. The summed E-state index contributed by atoms with van der Waals surface area (Å²) < 4.78 is 26.9. The fraction of sp³-hybridized carbons (Fsp3) is 0.385. The molecular weight excluding hydrogens is 268 g/mol. The summed E-state index contributed by atoms with van der Waals surface area (Å²) in [6.07, 6.45) is 1.56. The van der Waals surface area contributed by atoms with Gasteiger partial charge in [-0.1, -0.05) is 0 Å². The van der Waals surface area contributed by atoms with Crippen LogP contribution >= 0.6 is 0 Å². The Bertz CT molecular complexity index is 543. The summed E-state index contributed by atoms with van der Waals surface area (Å²) in [4.78, 5) is 23.0. The van der Waals surface area contributed by atoms with Gasteiger partial charge < -0.3 is 16.4 Å². The molecule has 1 aromatic carbocycles. The highest BCUT2D eigenvalue weighted by Gasteiger charge is 2.22. The van der Waals surface area contributed by atoms with Crippen LogP contribution in [0.2, 0.25) is 0 Å². The lowest BCUT2D eigenvalue weighted by Gasteiger charge is -2.22. The molecule has 1 aliphatic heterocycles. The topological polar surface area (TPSA) is 84.2 Å². The summed E-state index contributed by atoms with van der Waals surface area (Å²) in [6.45, 7) is 1.36. The van der Waals surface area contributed by atoms with E-state index in [0.717, 1.165) is 19.0 Å². The molecule has 1 aliphatic rings. The van der Waals surface area contributed by atoms with Crippen molar-refractivity contribution >= 4 is 17.5 Å². The lowest BCUT2D eigenvalue weighted by molar-refractivity contribution is -0.120. The number of carbonyl (C=O) groups excluding carboxylic acids is 2. The van der Waals surface area contributed by atoms with Gasteiger partial charge in [-0.2, -0.15) is 0 Å². The van der Waals surface area contributed by atoms with E-state index in [4.69, 9.17) is 5.73 Å². The minimum atomic E-state index is -1.05. The molecule has 108 valence electrons. The number of anilines is 1. The third-order valence-electron chi connectivity index (χ3n) is 3.25. The van der Waals surface area contributed by atoms with Crippen LogP contribution in [0.3, 0.4) is 0 Å². The van der Waals surface area contributed by atoms with Crippen molar-refractivity contribution in [1.29, 1.82) is 0 Å². The van der Waals surface area contributed by atoms with Crippen LogP contribution < -0.4 is 16.4 Å². The second kappa shape index (κ2) is 5.96. The van der Waals surface area contributed by atoms with Crippen molar-refractivity contribution in [2.45, 2.75) is 12.8 Å². The number of nitrogens with two attached hydrogens (primary N) is 1.